The van der Waals surface area contributed by atoms with Gasteiger partial charge in [-0.05, 0) is 30.7 Å². The smallest absolute Gasteiger partial charge is 0.234 e. The number of benzene rings is 1. The van der Waals surface area contributed by atoms with Crippen molar-refractivity contribution in [2.45, 2.75) is 18.2 Å². The van der Waals surface area contributed by atoms with E-state index in [0.717, 1.165) is 17.0 Å². The van der Waals surface area contributed by atoms with Crippen molar-refractivity contribution in [2.75, 3.05) is 22.0 Å². The standard InChI is InChI=1S/C13H18N4O2S2/c1-2-11-9-13(16-15-11)17-21(18,19)8-7-20-12-5-3-10(14)4-6-12/h3-6,9H,2,7-8,14H2,1H3,(H2,15,16,17). The van der Waals surface area contributed by atoms with Crippen LogP contribution in [0.5, 0.6) is 0 Å². The largest absolute Gasteiger partial charge is 0.399 e. The minimum absolute atomic E-state index is 0.0242. The minimum atomic E-state index is -3.39. The average molecular weight is 326 g/mol. The second kappa shape index (κ2) is 6.86. The maximum atomic E-state index is 11.9. The van der Waals surface area contributed by atoms with Gasteiger partial charge in [-0.25, -0.2) is 8.42 Å². The van der Waals surface area contributed by atoms with Gasteiger partial charge in [-0.15, -0.1) is 11.8 Å². The highest BCUT2D eigenvalue weighted by atomic mass is 32.2. The van der Waals surface area contributed by atoms with E-state index in [1.165, 1.54) is 11.8 Å². The number of aromatic amines is 1. The number of nitrogens with two attached hydrogens (primary N) is 1. The van der Waals surface area contributed by atoms with Crippen molar-refractivity contribution in [3.63, 3.8) is 0 Å². The van der Waals surface area contributed by atoms with Gasteiger partial charge in [0.25, 0.3) is 0 Å². The zero-order chi connectivity index (χ0) is 15.3. The summed E-state index contributed by atoms with van der Waals surface area (Å²) >= 11 is 1.47. The second-order valence-corrected chi connectivity index (χ2v) is 7.48. The third-order valence-corrected chi connectivity index (χ3v) is 5.31. The molecular weight excluding hydrogens is 308 g/mol. The summed E-state index contributed by atoms with van der Waals surface area (Å²) in [5, 5.41) is 6.68. The van der Waals surface area contributed by atoms with E-state index in [1.54, 1.807) is 18.2 Å². The van der Waals surface area contributed by atoms with E-state index in [0.29, 0.717) is 17.3 Å². The number of sulfonamides is 1. The molecule has 8 heteroatoms. The average Bonchev–Trinajstić information content (AvgIpc) is 2.87. The number of thioether (sulfide) groups is 1. The van der Waals surface area contributed by atoms with Crippen LogP contribution in [0.25, 0.3) is 0 Å². The quantitative estimate of drug-likeness (QED) is 0.534. The molecule has 0 bridgehead atoms. The molecule has 0 aliphatic rings. The van der Waals surface area contributed by atoms with Crippen LogP contribution in [0.15, 0.2) is 35.2 Å². The number of nitrogens with one attached hydrogen (secondary N) is 2. The first-order valence-electron chi connectivity index (χ1n) is 6.51. The lowest BCUT2D eigenvalue weighted by molar-refractivity contribution is 0.602. The predicted molar refractivity (Wildman–Crippen MR) is 87.0 cm³/mol. The van der Waals surface area contributed by atoms with Crippen LogP contribution in [0.3, 0.4) is 0 Å². The number of aryl methyl sites for hydroxylation is 1. The Morgan fingerprint density at radius 3 is 2.67 bits per heavy atom. The Kier molecular flexibility index (Phi) is 5.13. The minimum Gasteiger partial charge on any atom is -0.399 e. The van der Waals surface area contributed by atoms with Crippen molar-refractivity contribution in [1.29, 1.82) is 0 Å². The zero-order valence-corrected chi connectivity index (χ0v) is 13.3. The van der Waals surface area contributed by atoms with Crippen molar-refractivity contribution in [3.05, 3.63) is 36.0 Å². The number of rotatable bonds is 7. The first kappa shape index (κ1) is 15.7. The van der Waals surface area contributed by atoms with E-state index in [4.69, 9.17) is 5.73 Å². The maximum absolute atomic E-state index is 11.9. The number of hydrogen-bond acceptors (Lipinski definition) is 5. The summed E-state index contributed by atoms with van der Waals surface area (Å²) < 4.78 is 26.4. The zero-order valence-electron chi connectivity index (χ0n) is 11.7. The molecule has 0 spiro atoms. The van der Waals surface area contributed by atoms with Crippen molar-refractivity contribution in [3.8, 4) is 0 Å². The Bertz CT molecular complexity index is 680. The van der Waals surface area contributed by atoms with E-state index in [1.807, 2.05) is 19.1 Å². The normalized spacial score (nSPS) is 11.5. The number of aromatic nitrogens is 2. The highest BCUT2D eigenvalue weighted by Gasteiger charge is 2.12. The van der Waals surface area contributed by atoms with Gasteiger partial charge in [-0.2, -0.15) is 5.10 Å². The van der Waals surface area contributed by atoms with E-state index < -0.39 is 10.0 Å². The lowest BCUT2D eigenvalue weighted by Crippen LogP contribution is -2.18. The third-order valence-electron chi connectivity index (χ3n) is 2.77. The molecule has 0 radical (unpaired) electrons. The molecular formula is C13H18N4O2S2. The van der Waals surface area contributed by atoms with E-state index >= 15 is 0 Å². The van der Waals surface area contributed by atoms with Gasteiger partial charge < -0.3 is 5.73 Å². The first-order chi connectivity index (χ1) is 9.98. The van der Waals surface area contributed by atoms with Gasteiger partial charge in [0, 0.05) is 28.1 Å². The molecule has 2 rings (SSSR count). The molecule has 21 heavy (non-hydrogen) atoms. The van der Waals surface area contributed by atoms with Gasteiger partial charge in [-0.1, -0.05) is 6.92 Å². The molecule has 1 aromatic heterocycles. The van der Waals surface area contributed by atoms with Crippen molar-refractivity contribution in [1.82, 2.24) is 10.2 Å². The highest BCUT2D eigenvalue weighted by Crippen LogP contribution is 2.19. The Morgan fingerprint density at radius 2 is 2.05 bits per heavy atom. The lowest BCUT2D eigenvalue weighted by Gasteiger charge is -2.05. The molecule has 4 N–H and O–H groups in total. The van der Waals surface area contributed by atoms with Gasteiger partial charge in [0.2, 0.25) is 10.0 Å². The van der Waals surface area contributed by atoms with Crippen LogP contribution in [0.2, 0.25) is 0 Å². The van der Waals surface area contributed by atoms with Crippen LogP contribution in [0, 0.1) is 0 Å². The van der Waals surface area contributed by atoms with Crippen molar-refractivity contribution < 1.29 is 8.42 Å². The van der Waals surface area contributed by atoms with Gasteiger partial charge in [0.05, 0.1) is 5.75 Å². The summed E-state index contributed by atoms with van der Waals surface area (Å²) in [6, 6.07) is 9.05. The van der Waals surface area contributed by atoms with Crippen LogP contribution < -0.4 is 10.5 Å². The molecule has 0 fully saturated rings. The highest BCUT2D eigenvalue weighted by molar-refractivity contribution is 8.01. The van der Waals surface area contributed by atoms with Gasteiger partial charge in [-0.3, -0.25) is 9.82 Å². The van der Waals surface area contributed by atoms with Crippen molar-refractivity contribution in [2.24, 2.45) is 0 Å². The molecule has 0 aliphatic heterocycles. The van der Waals surface area contributed by atoms with Crippen LogP contribution in [-0.4, -0.2) is 30.1 Å². The van der Waals surface area contributed by atoms with Crippen LogP contribution in [0.1, 0.15) is 12.6 Å². The molecule has 6 nitrogen and oxygen atoms in total. The van der Waals surface area contributed by atoms with Crippen LogP contribution in [0.4, 0.5) is 11.5 Å². The molecule has 0 amide bonds. The molecule has 1 aromatic carbocycles. The van der Waals surface area contributed by atoms with Gasteiger partial charge in [0.15, 0.2) is 5.82 Å². The molecule has 1 heterocycles. The van der Waals surface area contributed by atoms with E-state index in [-0.39, 0.29) is 5.75 Å². The Hall–Kier alpha value is -1.67. The van der Waals surface area contributed by atoms with Gasteiger partial charge in [0.1, 0.15) is 0 Å². The molecule has 0 saturated heterocycles. The van der Waals surface area contributed by atoms with Gasteiger partial charge >= 0.3 is 0 Å². The number of H-pyrrole nitrogens is 1. The summed E-state index contributed by atoms with van der Waals surface area (Å²) in [6.07, 6.45) is 0.779. The summed E-state index contributed by atoms with van der Waals surface area (Å²) in [5.41, 5.74) is 7.18. The van der Waals surface area contributed by atoms with E-state index in [2.05, 4.69) is 14.9 Å². The van der Waals surface area contributed by atoms with E-state index in [9.17, 15) is 8.42 Å². The topological polar surface area (TPSA) is 101 Å². The summed E-state index contributed by atoms with van der Waals surface area (Å²) in [4.78, 5) is 0.993. The number of hydrogen-bond donors (Lipinski definition) is 3. The summed E-state index contributed by atoms with van der Waals surface area (Å²) in [5.74, 6) is 0.824. The Labute approximate surface area is 128 Å². The lowest BCUT2D eigenvalue weighted by atomic mass is 10.3. The summed E-state index contributed by atoms with van der Waals surface area (Å²) in [7, 11) is -3.39. The second-order valence-electron chi connectivity index (χ2n) is 4.47. The molecule has 0 saturated carbocycles. The summed E-state index contributed by atoms with van der Waals surface area (Å²) in [6.45, 7) is 1.97. The van der Waals surface area contributed by atoms with Crippen molar-refractivity contribution >= 4 is 33.3 Å². The molecule has 0 unspecified atom stereocenters. The fourth-order valence-electron chi connectivity index (χ4n) is 1.64. The monoisotopic (exact) mass is 326 g/mol. The maximum Gasteiger partial charge on any atom is 0.234 e. The fraction of sp³-hybridized carbons (Fsp3) is 0.308. The number of anilines is 2. The fourth-order valence-corrected chi connectivity index (χ4v) is 3.94. The third kappa shape index (κ3) is 4.98. The van der Waals surface area contributed by atoms with Crippen LogP contribution >= 0.6 is 11.8 Å². The molecule has 0 aliphatic carbocycles. The Balaban J connectivity index is 1.85. The predicted octanol–water partition coefficient (Wildman–Crippen LogP) is 2.09. The van der Waals surface area contributed by atoms with Crippen LogP contribution in [-0.2, 0) is 16.4 Å². The Morgan fingerprint density at radius 1 is 1.33 bits per heavy atom. The molecule has 114 valence electrons. The number of nitrogen functional groups attached to an aromatic ring is 1. The first-order valence-corrected chi connectivity index (χ1v) is 9.15. The SMILES string of the molecule is CCc1cc(NS(=O)(=O)CCSc2ccc(N)cc2)n[nH]1. The molecule has 0 atom stereocenters. The number of nitrogens with zero attached hydrogens (tertiary/aromatic N) is 1. The molecule has 2 aromatic rings.